The van der Waals surface area contributed by atoms with E-state index in [1.165, 1.54) is 0 Å². The zero-order valence-corrected chi connectivity index (χ0v) is 13.1. The average molecular weight is 311 g/mol. The summed E-state index contributed by atoms with van der Waals surface area (Å²) in [4.78, 5) is 14.2. The Morgan fingerprint density at radius 3 is 2.52 bits per heavy atom. The molecule has 0 bridgehead atoms. The van der Waals surface area contributed by atoms with Crippen LogP contribution in [0.4, 0.5) is 11.4 Å². The molecule has 116 valence electrons. The van der Waals surface area contributed by atoms with Crippen molar-refractivity contribution in [2.75, 3.05) is 35.6 Å². The van der Waals surface area contributed by atoms with Gasteiger partial charge >= 0.3 is 0 Å². The average Bonchev–Trinajstić information content (AvgIpc) is 2.41. The van der Waals surface area contributed by atoms with Crippen molar-refractivity contribution in [3.63, 3.8) is 0 Å². The molecule has 0 aliphatic carbocycles. The lowest BCUT2D eigenvalue weighted by molar-refractivity contribution is -0.120. The highest BCUT2D eigenvalue weighted by atomic mass is 32.2. The quantitative estimate of drug-likeness (QED) is 0.799. The Balaban J connectivity index is 2.00. The minimum atomic E-state index is -2.93. The van der Waals surface area contributed by atoms with E-state index in [1.54, 1.807) is 25.1 Å². The van der Waals surface area contributed by atoms with E-state index in [0.717, 1.165) is 11.3 Å². The van der Waals surface area contributed by atoms with Crippen LogP contribution in [0.3, 0.4) is 0 Å². The van der Waals surface area contributed by atoms with Crippen LogP contribution in [0.5, 0.6) is 0 Å². The van der Waals surface area contributed by atoms with Crippen molar-refractivity contribution in [2.24, 2.45) is 0 Å². The molecule has 1 atom stereocenters. The van der Waals surface area contributed by atoms with Gasteiger partial charge in [0.05, 0.1) is 17.5 Å². The number of amides is 1. The monoisotopic (exact) mass is 311 g/mol. The summed E-state index contributed by atoms with van der Waals surface area (Å²) in [6.07, 6.45) is 0. The normalized spacial score (nSPS) is 19.9. The molecule has 1 saturated heterocycles. The zero-order valence-electron chi connectivity index (χ0n) is 12.3. The molecule has 1 aromatic rings. The molecule has 3 N–H and O–H groups in total. The van der Waals surface area contributed by atoms with Gasteiger partial charge < -0.3 is 11.1 Å². The zero-order chi connectivity index (χ0) is 15.6. The molecule has 21 heavy (non-hydrogen) atoms. The number of nitrogens with zero attached hydrogens (tertiary/aromatic N) is 1. The second-order valence-electron chi connectivity index (χ2n) is 5.43. The first-order chi connectivity index (χ1) is 9.78. The van der Waals surface area contributed by atoms with Gasteiger partial charge in [0.2, 0.25) is 5.91 Å². The van der Waals surface area contributed by atoms with Crippen LogP contribution >= 0.6 is 0 Å². The van der Waals surface area contributed by atoms with E-state index in [9.17, 15) is 13.2 Å². The number of benzene rings is 1. The van der Waals surface area contributed by atoms with Gasteiger partial charge in [-0.2, -0.15) is 0 Å². The van der Waals surface area contributed by atoms with Crippen LogP contribution in [0.1, 0.15) is 12.5 Å². The molecule has 0 saturated carbocycles. The number of carbonyl (C=O) groups excluding carboxylic acids is 1. The molecular formula is C14H21N3O3S. The summed E-state index contributed by atoms with van der Waals surface area (Å²) in [6, 6.07) is 4.95. The number of sulfone groups is 1. The highest BCUT2D eigenvalue weighted by molar-refractivity contribution is 7.91. The Bertz CT molecular complexity index is 629. The molecule has 1 unspecified atom stereocenters. The number of hydrogen-bond donors (Lipinski definition) is 2. The van der Waals surface area contributed by atoms with E-state index in [1.807, 2.05) is 11.8 Å². The van der Waals surface area contributed by atoms with E-state index in [4.69, 9.17) is 5.73 Å². The van der Waals surface area contributed by atoms with Crippen LogP contribution in [-0.4, -0.2) is 49.9 Å². The topological polar surface area (TPSA) is 92.5 Å². The fourth-order valence-electron chi connectivity index (χ4n) is 2.34. The predicted octanol–water partition coefficient (Wildman–Crippen LogP) is 0.635. The number of hydrogen-bond acceptors (Lipinski definition) is 5. The molecule has 0 aromatic heterocycles. The number of aryl methyl sites for hydroxylation is 1. The Hall–Kier alpha value is -1.60. The largest absolute Gasteiger partial charge is 0.399 e. The van der Waals surface area contributed by atoms with Crippen LogP contribution in [0.2, 0.25) is 0 Å². The second-order valence-corrected chi connectivity index (χ2v) is 7.73. The number of carbonyl (C=O) groups is 1. The summed E-state index contributed by atoms with van der Waals surface area (Å²) >= 11 is 0. The van der Waals surface area contributed by atoms with Crippen LogP contribution in [0.25, 0.3) is 0 Å². The molecular weight excluding hydrogens is 290 g/mol. The summed E-state index contributed by atoms with van der Waals surface area (Å²) in [5, 5.41) is 2.87. The van der Waals surface area contributed by atoms with E-state index < -0.39 is 9.84 Å². The third-order valence-electron chi connectivity index (χ3n) is 3.81. The first kappa shape index (κ1) is 15.8. The molecule has 1 fully saturated rings. The van der Waals surface area contributed by atoms with Crippen molar-refractivity contribution in [1.82, 2.24) is 4.90 Å². The number of anilines is 2. The molecule has 0 spiro atoms. The van der Waals surface area contributed by atoms with Gasteiger partial charge in [-0.15, -0.1) is 0 Å². The number of nitrogens with two attached hydrogens (primary N) is 1. The first-order valence-electron chi connectivity index (χ1n) is 6.90. The van der Waals surface area contributed by atoms with Crippen molar-refractivity contribution in [2.45, 2.75) is 19.9 Å². The Morgan fingerprint density at radius 1 is 1.33 bits per heavy atom. The van der Waals surface area contributed by atoms with Crippen LogP contribution in [-0.2, 0) is 14.6 Å². The molecule has 1 aliphatic rings. The highest BCUT2D eigenvalue weighted by Crippen LogP contribution is 2.18. The van der Waals surface area contributed by atoms with Gasteiger partial charge in [0, 0.05) is 24.5 Å². The summed E-state index contributed by atoms with van der Waals surface area (Å²) in [6.45, 7) is 4.47. The van der Waals surface area contributed by atoms with Gasteiger partial charge in [-0.1, -0.05) is 0 Å². The first-order valence-corrected chi connectivity index (χ1v) is 8.72. The fourth-order valence-corrected chi connectivity index (χ4v) is 3.57. The molecule has 1 amide bonds. The molecule has 1 aromatic carbocycles. The van der Waals surface area contributed by atoms with Crippen LogP contribution in [0.15, 0.2) is 18.2 Å². The molecule has 1 heterocycles. The summed E-state index contributed by atoms with van der Waals surface area (Å²) in [5.74, 6) is 0.0963. The van der Waals surface area contributed by atoms with E-state index in [2.05, 4.69) is 5.32 Å². The lowest BCUT2D eigenvalue weighted by Gasteiger charge is -2.31. The maximum atomic E-state index is 12.3. The van der Waals surface area contributed by atoms with Gasteiger partial charge in [-0.05, 0) is 37.6 Å². The lowest BCUT2D eigenvalue weighted by atomic mass is 10.1. The Labute approximate surface area is 125 Å². The van der Waals surface area contributed by atoms with Crippen molar-refractivity contribution < 1.29 is 13.2 Å². The van der Waals surface area contributed by atoms with E-state index >= 15 is 0 Å². The maximum Gasteiger partial charge on any atom is 0.241 e. The van der Waals surface area contributed by atoms with Gasteiger partial charge in [-0.25, -0.2) is 8.42 Å². The SMILES string of the molecule is Cc1cc(N)ccc1NC(=O)C(C)N1CCS(=O)(=O)CC1. The molecule has 6 nitrogen and oxygen atoms in total. The highest BCUT2D eigenvalue weighted by Gasteiger charge is 2.28. The molecule has 7 heteroatoms. The van der Waals surface area contributed by atoms with Crippen LogP contribution in [0, 0.1) is 6.92 Å². The third-order valence-corrected chi connectivity index (χ3v) is 5.42. The fraction of sp³-hybridized carbons (Fsp3) is 0.500. The second kappa shape index (κ2) is 6.03. The Morgan fingerprint density at radius 2 is 1.95 bits per heavy atom. The third kappa shape index (κ3) is 3.95. The van der Waals surface area contributed by atoms with Crippen molar-refractivity contribution in [3.8, 4) is 0 Å². The van der Waals surface area contributed by atoms with Crippen LogP contribution < -0.4 is 11.1 Å². The summed E-state index contributed by atoms with van der Waals surface area (Å²) in [5.41, 5.74) is 7.96. The standard InChI is InChI=1S/C14H21N3O3S/c1-10-9-12(15)3-4-13(10)16-14(18)11(2)17-5-7-21(19,20)8-6-17/h3-4,9,11H,5-8,15H2,1-2H3,(H,16,18). The molecule has 1 aliphatic heterocycles. The van der Waals surface area contributed by atoms with E-state index in [-0.39, 0.29) is 23.5 Å². The van der Waals surface area contributed by atoms with Crippen molar-refractivity contribution >= 4 is 27.1 Å². The summed E-state index contributed by atoms with van der Waals surface area (Å²) in [7, 11) is -2.93. The van der Waals surface area contributed by atoms with Crippen molar-refractivity contribution in [1.29, 1.82) is 0 Å². The smallest absolute Gasteiger partial charge is 0.241 e. The van der Waals surface area contributed by atoms with Crippen molar-refractivity contribution in [3.05, 3.63) is 23.8 Å². The minimum absolute atomic E-state index is 0.117. The van der Waals surface area contributed by atoms with Gasteiger partial charge in [0.15, 0.2) is 9.84 Å². The van der Waals surface area contributed by atoms with Gasteiger partial charge in [0.1, 0.15) is 0 Å². The summed E-state index contributed by atoms with van der Waals surface area (Å²) < 4.78 is 22.8. The Kier molecular flexibility index (Phi) is 4.53. The number of nitrogens with one attached hydrogen (secondary N) is 1. The van der Waals surface area contributed by atoms with Gasteiger partial charge in [-0.3, -0.25) is 9.69 Å². The molecule has 2 rings (SSSR count). The predicted molar refractivity (Wildman–Crippen MR) is 83.9 cm³/mol. The lowest BCUT2D eigenvalue weighted by Crippen LogP contribution is -2.49. The van der Waals surface area contributed by atoms with E-state index in [0.29, 0.717) is 18.8 Å². The minimum Gasteiger partial charge on any atom is -0.399 e. The number of nitrogen functional groups attached to an aromatic ring is 1. The van der Waals surface area contributed by atoms with Gasteiger partial charge in [0.25, 0.3) is 0 Å². The number of rotatable bonds is 3. The maximum absolute atomic E-state index is 12.3. The molecule has 0 radical (unpaired) electrons.